The van der Waals surface area contributed by atoms with Gasteiger partial charge in [-0.15, -0.1) is 0 Å². The number of nitrogens with one attached hydrogen (secondary N) is 1. The van der Waals surface area contributed by atoms with Gasteiger partial charge in [0, 0.05) is 38.2 Å². The molecule has 3 aliphatic rings. The van der Waals surface area contributed by atoms with Crippen molar-refractivity contribution in [3.63, 3.8) is 0 Å². The third-order valence-electron chi connectivity index (χ3n) is 7.17. The van der Waals surface area contributed by atoms with Crippen LogP contribution in [0.25, 0.3) is 10.8 Å². The number of fused-ring (bicyclic) bond motifs is 2. The smallest absolute Gasteiger partial charge is 0.243 e. The topological polar surface area (TPSA) is 32.3 Å². The van der Waals surface area contributed by atoms with Crippen LogP contribution in [0.15, 0.2) is 78.4 Å². The van der Waals surface area contributed by atoms with E-state index in [1.165, 1.54) is 22.0 Å². The number of allylic oxidation sites excluding steroid dienone is 5. The molecule has 30 heavy (non-hydrogen) atoms. The third kappa shape index (κ3) is 3.81. The van der Waals surface area contributed by atoms with Gasteiger partial charge < -0.3 is 10.2 Å². The number of hydrogen-bond acceptors (Lipinski definition) is 2. The van der Waals surface area contributed by atoms with Gasteiger partial charge in [0.2, 0.25) is 5.91 Å². The monoisotopic (exact) mass is 400 g/mol. The van der Waals surface area contributed by atoms with Crippen LogP contribution in [0.2, 0.25) is 0 Å². The second-order valence-corrected chi connectivity index (χ2v) is 9.04. The third-order valence-corrected chi connectivity index (χ3v) is 7.17. The Balaban J connectivity index is 0.00000231. The van der Waals surface area contributed by atoms with Gasteiger partial charge in [-0.1, -0.05) is 67.6 Å². The molecule has 2 fully saturated rings. The molecule has 1 aliphatic heterocycles. The molecule has 3 nitrogen and oxygen atoms in total. The SMILES string of the molecule is CC1CC=CC=C1/C=C/C(=O)NCCC1[C@H]2CN(c3cccc4ccccc34)C[C@@H]12.[HH]. The molecule has 2 aliphatic carbocycles. The lowest BCUT2D eigenvalue weighted by molar-refractivity contribution is -0.116. The summed E-state index contributed by atoms with van der Waals surface area (Å²) in [6.45, 7) is 5.28. The van der Waals surface area contributed by atoms with E-state index in [1.54, 1.807) is 6.08 Å². The summed E-state index contributed by atoms with van der Waals surface area (Å²) in [6, 6.07) is 15.3. The van der Waals surface area contributed by atoms with Crippen molar-refractivity contribution >= 4 is 22.4 Å². The highest BCUT2D eigenvalue weighted by Crippen LogP contribution is 2.54. The zero-order valence-corrected chi connectivity index (χ0v) is 17.6. The first kappa shape index (κ1) is 19.2. The first-order valence-electron chi connectivity index (χ1n) is 11.3. The summed E-state index contributed by atoms with van der Waals surface area (Å²) in [4.78, 5) is 14.7. The Labute approximate surface area is 180 Å². The summed E-state index contributed by atoms with van der Waals surface area (Å²) in [7, 11) is 0. The second kappa shape index (κ2) is 8.14. The highest BCUT2D eigenvalue weighted by molar-refractivity contribution is 5.94. The van der Waals surface area contributed by atoms with E-state index in [4.69, 9.17) is 0 Å². The summed E-state index contributed by atoms with van der Waals surface area (Å²) in [5, 5.41) is 5.75. The van der Waals surface area contributed by atoms with Gasteiger partial charge in [0.05, 0.1) is 0 Å². The molecular formula is C27H32N2O. The van der Waals surface area contributed by atoms with Crippen molar-refractivity contribution in [2.75, 3.05) is 24.5 Å². The number of hydrogen-bond donors (Lipinski definition) is 1. The molecule has 4 atom stereocenters. The van der Waals surface area contributed by atoms with Crippen LogP contribution < -0.4 is 10.2 Å². The van der Waals surface area contributed by atoms with E-state index in [9.17, 15) is 4.79 Å². The van der Waals surface area contributed by atoms with Crippen molar-refractivity contribution in [1.82, 2.24) is 5.32 Å². The Morgan fingerprint density at radius 2 is 1.97 bits per heavy atom. The van der Waals surface area contributed by atoms with Gasteiger partial charge in [-0.05, 0) is 53.5 Å². The van der Waals surface area contributed by atoms with Crippen LogP contribution in [-0.4, -0.2) is 25.5 Å². The largest absolute Gasteiger partial charge is 0.370 e. The summed E-state index contributed by atoms with van der Waals surface area (Å²) in [5.74, 6) is 2.87. The zero-order chi connectivity index (χ0) is 20.5. The fourth-order valence-corrected chi connectivity index (χ4v) is 5.33. The molecule has 1 heterocycles. The molecule has 2 unspecified atom stereocenters. The summed E-state index contributed by atoms with van der Waals surface area (Å²) in [6.07, 6.45) is 12.2. The average molecular weight is 401 g/mol. The number of carbonyl (C=O) groups is 1. The van der Waals surface area contributed by atoms with Crippen LogP contribution in [0.5, 0.6) is 0 Å². The maximum absolute atomic E-state index is 12.2. The molecule has 1 saturated carbocycles. The van der Waals surface area contributed by atoms with Crippen molar-refractivity contribution in [2.45, 2.75) is 19.8 Å². The van der Waals surface area contributed by atoms with Crippen LogP contribution in [0.1, 0.15) is 21.2 Å². The molecule has 2 aromatic carbocycles. The Morgan fingerprint density at radius 1 is 1.17 bits per heavy atom. The van der Waals surface area contributed by atoms with Gasteiger partial charge in [0.25, 0.3) is 0 Å². The van der Waals surface area contributed by atoms with E-state index in [2.05, 4.69) is 77.8 Å². The fourth-order valence-electron chi connectivity index (χ4n) is 5.33. The summed E-state index contributed by atoms with van der Waals surface area (Å²) < 4.78 is 0. The second-order valence-electron chi connectivity index (χ2n) is 9.04. The van der Waals surface area contributed by atoms with E-state index >= 15 is 0 Å². The number of rotatable bonds is 6. The lowest BCUT2D eigenvalue weighted by atomic mass is 9.93. The van der Waals surface area contributed by atoms with Crippen molar-refractivity contribution in [3.05, 3.63) is 78.4 Å². The highest BCUT2D eigenvalue weighted by atomic mass is 16.1. The van der Waals surface area contributed by atoms with Crippen molar-refractivity contribution < 1.29 is 6.22 Å². The van der Waals surface area contributed by atoms with Crippen LogP contribution in [0, 0.1) is 23.7 Å². The van der Waals surface area contributed by atoms with E-state index < -0.39 is 0 Å². The Kier molecular flexibility index (Phi) is 5.20. The highest BCUT2D eigenvalue weighted by Gasteiger charge is 2.54. The van der Waals surface area contributed by atoms with Gasteiger partial charge >= 0.3 is 0 Å². The molecule has 2 aromatic rings. The molecule has 5 rings (SSSR count). The Hall–Kier alpha value is -2.81. The van der Waals surface area contributed by atoms with E-state index in [1.807, 2.05) is 6.08 Å². The quantitative estimate of drug-likeness (QED) is 0.663. The Bertz CT molecular complexity index is 1020. The van der Waals surface area contributed by atoms with Crippen molar-refractivity contribution in [3.8, 4) is 0 Å². The lowest BCUT2D eigenvalue weighted by Gasteiger charge is -2.23. The van der Waals surface area contributed by atoms with Gasteiger partial charge in [-0.2, -0.15) is 0 Å². The van der Waals surface area contributed by atoms with Gasteiger partial charge in [-0.3, -0.25) is 4.79 Å². The van der Waals surface area contributed by atoms with Crippen molar-refractivity contribution in [2.24, 2.45) is 23.7 Å². The van der Waals surface area contributed by atoms with Crippen LogP contribution in [-0.2, 0) is 4.79 Å². The molecule has 0 bridgehead atoms. The fraction of sp³-hybridized carbons (Fsp3) is 0.370. The van der Waals surface area contributed by atoms with E-state index in [-0.39, 0.29) is 7.33 Å². The van der Waals surface area contributed by atoms with Crippen LogP contribution >= 0.6 is 0 Å². The predicted molar refractivity (Wildman–Crippen MR) is 127 cm³/mol. The number of nitrogens with zero attached hydrogens (tertiary/aromatic N) is 1. The zero-order valence-electron chi connectivity index (χ0n) is 17.6. The van der Waals surface area contributed by atoms with Gasteiger partial charge in [0.15, 0.2) is 0 Å². The predicted octanol–water partition coefficient (Wildman–Crippen LogP) is 5.35. The average Bonchev–Trinajstić information content (AvgIpc) is 3.21. The number of amides is 1. The Morgan fingerprint density at radius 3 is 2.80 bits per heavy atom. The maximum Gasteiger partial charge on any atom is 0.243 e. The molecule has 0 aromatic heterocycles. The standard InChI is InChI=1S/C27H30N2O.H2/c1-19-7-2-3-8-20(19)13-14-27(30)28-16-15-23-24-17-29(18-25(23)24)26-12-6-10-21-9-4-5-11-22(21)26;/h2-6,8-14,19,23-25H,7,15-18H2,1H3,(H,28,30);1H/b14-13+;/t19?,23?,24-,25+;. The minimum atomic E-state index is 0. The lowest BCUT2D eigenvalue weighted by Crippen LogP contribution is -2.26. The normalized spacial score (nSPS) is 27.4. The molecule has 3 heteroatoms. The minimum Gasteiger partial charge on any atom is -0.370 e. The molecule has 0 radical (unpaired) electrons. The van der Waals surface area contributed by atoms with E-state index in [0.717, 1.165) is 50.2 Å². The molecular weight excluding hydrogens is 368 g/mol. The van der Waals surface area contributed by atoms with E-state index in [0.29, 0.717) is 5.92 Å². The number of carbonyl (C=O) groups excluding carboxylic acids is 1. The molecule has 1 amide bonds. The molecule has 1 N–H and O–H groups in total. The molecule has 156 valence electrons. The number of piperidine rings is 1. The van der Waals surface area contributed by atoms with Crippen molar-refractivity contribution in [1.29, 1.82) is 0 Å². The molecule has 1 saturated heterocycles. The summed E-state index contributed by atoms with van der Waals surface area (Å²) in [5.41, 5.74) is 2.61. The molecule has 0 spiro atoms. The first-order valence-corrected chi connectivity index (χ1v) is 11.3. The first-order chi connectivity index (χ1) is 14.7. The summed E-state index contributed by atoms with van der Waals surface area (Å²) >= 11 is 0. The van der Waals surface area contributed by atoms with Crippen LogP contribution in [0.4, 0.5) is 5.69 Å². The maximum atomic E-state index is 12.2. The van der Waals surface area contributed by atoms with Gasteiger partial charge in [0.1, 0.15) is 0 Å². The number of anilines is 1. The number of benzene rings is 2. The van der Waals surface area contributed by atoms with Crippen LogP contribution in [0.3, 0.4) is 0 Å². The van der Waals surface area contributed by atoms with Gasteiger partial charge in [-0.25, -0.2) is 0 Å². The minimum absolute atomic E-state index is 0.